The van der Waals surface area contributed by atoms with E-state index in [0.29, 0.717) is 24.7 Å². The van der Waals surface area contributed by atoms with Crippen molar-refractivity contribution in [3.63, 3.8) is 0 Å². The van der Waals surface area contributed by atoms with Gasteiger partial charge in [0.25, 0.3) is 0 Å². The van der Waals surface area contributed by atoms with Crippen LogP contribution in [0.15, 0.2) is 54.6 Å². The number of halogens is 1. The lowest BCUT2D eigenvalue weighted by Gasteiger charge is -2.26. The molecule has 2 aromatic rings. The van der Waals surface area contributed by atoms with E-state index in [4.69, 9.17) is 11.6 Å². The Balaban J connectivity index is 2.03. The van der Waals surface area contributed by atoms with Crippen LogP contribution < -0.4 is 0 Å². The molecule has 2 atom stereocenters. The highest BCUT2D eigenvalue weighted by molar-refractivity contribution is 6.30. The molecule has 0 bridgehead atoms. The van der Waals surface area contributed by atoms with Gasteiger partial charge in [0.2, 0.25) is 0 Å². The zero-order valence-electron chi connectivity index (χ0n) is 12.7. The van der Waals surface area contributed by atoms with E-state index in [9.17, 15) is 10.2 Å². The van der Waals surface area contributed by atoms with E-state index in [1.54, 1.807) is 19.1 Å². The lowest BCUT2D eigenvalue weighted by atomic mass is 10.1. The van der Waals surface area contributed by atoms with Crippen LogP contribution in [0.2, 0.25) is 5.02 Å². The molecule has 0 amide bonds. The van der Waals surface area contributed by atoms with Crippen molar-refractivity contribution in [2.75, 3.05) is 13.1 Å². The van der Waals surface area contributed by atoms with E-state index in [1.807, 2.05) is 42.5 Å². The maximum Gasteiger partial charge on any atom is 0.0917 e. The molecular weight excluding hydrogens is 298 g/mol. The van der Waals surface area contributed by atoms with Gasteiger partial charge in [-0.1, -0.05) is 54.1 Å². The molecule has 2 unspecified atom stereocenters. The molecule has 118 valence electrons. The van der Waals surface area contributed by atoms with E-state index in [1.165, 1.54) is 0 Å². The molecule has 0 aliphatic rings. The Morgan fingerprint density at radius 3 is 2.18 bits per heavy atom. The molecule has 3 nitrogen and oxygen atoms in total. The molecule has 0 heterocycles. The van der Waals surface area contributed by atoms with E-state index in [0.717, 1.165) is 11.1 Å². The van der Waals surface area contributed by atoms with Crippen molar-refractivity contribution in [3.8, 4) is 0 Å². The molecule has 2 N–H and O–H groups in total. The van der Waals surface area contributed by atoms with Crippen molar-refractivity contribution >= 4 is 11.6 Å². The summed E-state index contributed by atoms with van der Waals surface area (Å²) in [5.74, 6) is 0. The van der Waals surface area contributed by atoms with Gasteiger partial charge in [-0.15, -0.1) is 0 Å². The molecule has 0 aliphatic heterocycles. The summed E-state index contributed by atoms with van der Waals surface area (Å²) in [6.45, 7) is 3.42. The van der Waals surface area contributed by atoms with Gasteiger partial charge in [0.05, 0.1) is 12.2 Å². The van der Waals surface area contributed by atoms with Gasteiger partial charge in [-0.25, -0.2) is 0 Å². The van der Waals surface area contributed by atoms with Crippen LogP contribution in [0.25, 0.3) is 0 Å². The minimum atomic E-state index is -0.611. The fourth-order valence-electron chi connectivity index (χ4n) is 2.45. The maximum absolute atomic E-state index is 10.4. The van der Waals surface area contributed by atoms with Crippen molar-refractivity contribution in [1.82, 2.24) is 4.90 Å². The van der Waals surface area contributed by atoms with Gasteiger partial charge < -0.3 is 10.2 Å². The largest absolute Gasteiger partial charge is 0.392 e. The van der Waals surface area contributed by atoms with Crippen LogP contribution in [0, 0.1) is 0 Å². The lowest BCUT2D eigenvalue weighted by Crippen LogP contribution is -2.34. The second-order valence-corrected chi connectivity index (χ2v) is 6.03. The molecule has 0 saturated heterocycles. The van der Waals surface area contributed by atoms with E-state index < -0.39 is 12.2 Å². The van der Waals surface area contributed by atoms with Gasteiger partial charge in [0.1, 0.15) is 0 Å². The summed E-state index contributed by atoms with van der Waals surface area (Å²) in [4.78, 5) is 2.05. The molecule has 4 heteroatoms. The molecule has 0 spiro atoms. The average Bonchev–Trinajstić information content (AvgIpc) is 2.48. The highest BCUT2D eigenvalue weighted by Crippen LogP contribution is 2.18. The van der Waals surface area contributed by atoms with Gasteiger partial charge in [-0.2, -0.15) is 0 Å². The van der Waals surface area contributed by atoms with Gasteiger partial charge in [0, 0.05) is 24.7 Å². The number of nitrogens with zero attached hydrogens (tertiary/aromatic N) is 1. The third-order valence-corrected chi connectivity index (χ3v) is 3.71. The topological polar surface area (TPSA) is 43.7 Å². The number of rotatable bonds is 7. The second kappa shape index (κ2) is 8.30. The van der Waals surface area contributed by atoms with Gasteiger partial charge >= 0.3 is 0 Å². The van der Waals surface area contributed by atoms with Crippen LogP contribution in [0.4, 0.5) is 0 Å². The summed E-state index contributed by atoms with van der Waals surface area (Å²) in [7, 11) is 0. The molecule has 0 saturated carbocycles. The van der Waals surface area contributed by atoms with Crippen molar-refractivity contribution in [2.24, 2.45) is 0 Å². The number of aliphatic hydroxyl groups is 2. The summed E-state index contributed by atoms with van der Waals surface area (Å²) in [5.41, 5.74) is 1.99. The summed E-state index contributed by atoms with van der Waals surface area (Å²) >= 11 is 5.87. The number of aliphatic hydroxyl groups excluding tert-OH is 2. The van der Waals surface area contributed by atoms with Crippen LogP contribution in [-0.2, 0) is 6.54 Å². The fraction of sp³-hybridized carbons (Fsp3) is 0.333. The van der Waals surface area contributed by atoms with Crippen LogP contribution in [-0.4, -0.2) is 34.3 Å². The molecule has 2 aromatic carbocycles. The normalized spacial score (nSPS) is 14.0. The van der Waals surface area contributed by atoms with Gasteiger partial charge in [-0.05, 0) is 30.2 Å². The first-order valence-electron chi connectivity index (χ1n) is 7.42. The highest BCUT2D eigenvalue weighted by Gasteiger charge is 2.15. The first-order valence-corrected chi connectivity index (χ1v) is 7.80. The minimum Gasteiger partial charge on any atom is -0.392 e. The van der Waals surface area contributed by atoms with Crippen LogP contribution >= 0.6 is 11.6 Å². The Bertz CT molecular complexity index is 557. The predicted molar refractivity (Wildman–Crippen MR) is 89.8 cm³/mol. The van der Waals surface area contributed by atoms with E-state index in [-0.39, 0.29) is 0 Å². The Morgan fingerprint density at radius 2 is 1.59 bits per heavy atom. The Kier molecular flexibility index (Phi) is 6.40. The maximum atomic E-state index is 10.4. The molecule has 0 radical (unpaired) electrons. The Labute approximate surface area is 136 Å². The van der Waals surface area contributed by atoms with Crippen molar-refractivity contribution < 1.29 is 10.2 Å². The molecule has 0 fully saturated rings. The quantitative estimate of drug-likeness (QED) is 0.823. The Morgan fingerprint density at radius 1 is 0.955 bits per heavy atom. The molecule has 0 aliphatic carbocycles. The smallest absolute Gasteiger partial charge is 0.0917 e. The predicted octanol–water partition coefficient (Wildman–Crippen LogP) is 3.26. The minimum absolute atomic E-state index is 0.443. The first-order chi connectivity index (χ1) is 10.5. The lowest BCUT2D eigenvalue weighted by molar-refractivity contribution is 0.0716. The molecule has 2 rings (SSSR count). The molecular formula is C18H22ClNO2. The monoisotopic (exact) mass is 319 g/mol. The zero-order chi connectivity index (χ0) is 15.9. The summed E-state index contributed by atoms with van der Waals surface area (Å²) < 4.78 is 0. The Hall–Kier alpha value is -1.39. The van der Waals surface area contributed by atoms with Crippen molar-refractivity contribution in [1.29, 1.82) is 0 Å². The van der Waals surface area contributed by atoms with Crippen LogP contribution in [0.1, 0.15) is 24.2 Å². The first kappa shape index (κ1) is 17.0. The highest BCUT2D eigenvalue weighted by atomic mass is 35.5. The summed E-state index contributed by atoms with van der Waals surface area (Å²) in [6.07, 6.45) is -1.05. The number of hydrogen-bond donors (Lipinski definition) is 2. The van der Waals surface area contributed by atoms with Crippen LogP contribution in [0.5, 0.6) is 0 Å². The molecule has 0 aromatic heterocycles. The number of benzene rings is 2. The summed E-state index contributed by atoms with van der Waals surface area (Å²) in [6, 6.07) is 17.3. The van der Waals surface area contributed by atoms with Crippen molar-refractivity contribution in [2.45, 2.75) is 25.7 Å². The van der Waals surface area contributed by atoms with E-state index >= 15 is 0 Å². The van der Waals surface area contributed by atoms with E-state index in [2.05, 4.69) is 4.90 Å². The zero-order valence-corrected chi connectivity index (χ0v) is 13.4. The van der Waals surface area contributed by atoms with Crippen LogP contribution in [0.3, 0.4) is 0 Å². The molecule has 22 heavy (non-hydrogen) atoms. The van der Waals surface area contributed by atoms with Gasteiger partial charge in [-0.3, -0.25) is 4.90 Å². The SMILES string of the molecule is CC(O)CN(Cc1ccccc1)CC(O)c1ccc(Cl)cc1. The third-order valence-electron chi connectivity index (χ3n) is 3.46. The fourth-order valence-corrected chi connectivity index (χ4v) is 2.58. The van der Waals surface area contributed by atoms with Gasteiger partial charge in [0.15, 0.2) is 0 Å². The third kappa shape index (κ3) is 5.43. The second-order valence-electron chi connectivity index (χ2n) is 5.60. The number of hydrogen-bond acceptors (Lipinski definition) is 3. The standard InChI is InChI=1S/C18H22ClNO2/c1-14(21)11-20(12-15-5-3-2-4-6-15)13-18(22)16-7-9-17(19)10-8-16/h2-10,14,18,21-22H,11-13H2,1H3. The average molecular weight is 320 g/mol. The van der Waals surface area contributed by atoms with Crippen molar-refractivity contribution in [3.05, 3.63) is 70.7 Å². The summed E-state index contributed by atoms with van der Waals surface area (Å²) in [5, 5.41) is 20.7.